The molecule has 0 bridgehead atoms. The zero-order chi connectivity index (χ0) is 12.5. The van der Waals surface area contributed by atoms with Crippen LogP contribution < -0.4 is 0 Å². The number of aryl methyl sites for hydroxylation is 1. The van der Waals surface area contributed by atoms with E-state index in [9.17, 15) is 4.57 Å². The van der Waals surface area contributed by atoms with Crippen molar-refractivity contribution >= 4 is 7.60 Å². The molecule has 4 heteroatoms. The van der Waals surface area contributed by atoms with Crippen molar-refractivity contribution in [1.82, 2.24) is 0 Å². The zero-order valence-electron chi connectivity index (χ0n) is 10.0. The quantitative estimate of drug-likeness (QED) is 0.797. The van der Waals surface area contributed by atoms with Crippen LogP contribution in [-0.4, -0.2) is 15.4 Å². The van der Waals surface area contributed by atoms with Gasteiger partial charge in [0.15, 0.2) is 0 Å². The van der Waals surface area contributed by atoms with Crippen LogP contribution in [0.25, 0.3) is 0 Å². The van der Waals surface area contributed by atoms with Gasteiger partial charge in [-0.15, -0.1) is 0 Å². The lowest BCUT2D eigenvalue weighted by molar-refractivity contribution is 0.328. The molecule has 3 nitrogen and oxygen atoms in total. The first-order chi connectivity index (χ1) is 7.97. The summed E-state index contributed by atoms with van der Waals surface area (Å²) < 4.78 is 11.2. The number of benzene rings is 1. The Morgan fingerprint density at radius 3 is 2.06 bits per heavy atom. The molecule has 1 fully saturated rings. The van der Waals surface area contributed by atoms with Crippen molar-refractivity contribution < 1.29 is 14.4 Å². The average Bonchev–Trinajstić information content (AvgIpc) is 2.29. The summed E-state index contributed by atoms with van der Waals surface area (Å²) in [5.41, 5.74) is 2.14. The Morgan fingerprint density at radius 1 is 1.06 bits per heavy atom. The molecule has 1 aromatic rings. The molecule has 1 aliphatic carbocycles. The van der Waals surface area contributed by atoms with Crippen molar-refractivity contribution in [2.45, 2.75) is 44.2 Å². The predicted molar refractivity (Wildman–Crippen MR) is 68.2 cm³/mol. The lowest BCUT2D eigenvalue weighted by Gasteiger charge is -2.29. The highest BCUT2D eigenvalue weighted by Crippen LogP contribution is 2.50. The van der Waals surface area contributed by atoms with Crippen molar-refractivity contribution in [3.05, 3.63) is 35.4 Å². The topological polar surface area (TPSA) is 57.5 Å². The summed E-state index contributed by atoms with van der Waals surface area (Å²) >= 11 is 0. The average molecular weight is 254 g/mol. The summed E-state index contributed by atoms with van der Waals surface area (Å²) in [6, 6.07) is 8.48. The fourth-order valence-corrected chi connectivity index (χ4v) is 3.55. The molecule has 0 aromatic heterocycles. The molecule has 1 saturated carbocycles. The Hall–Kier alpha value is -0.630. The highest BCUT2D eigenvalue weighted by molar-refractivity contribution is 7.52. The van der Waals surface area contributed by atoms with Crippen LogP contribution in [0.2, 0.25) is 0 Å². The summed E-state index contributed by atoms with van der Waals surface area (Å²) in [4.78, 5) is 18.3. The van der Waals surface area contributed by atoms with Gasteiger partial charge in [0.2, 0.25) is 0 Å². The van der Waals surface area contributed by atoms with E-state index in [1.807, 2.05) is 0 Å². The highest BCUT2D eigenvalue weighted by atomic mass is 31.2. The van der Waals surface area contributed by atoms with Gasteiger partial charge in [0.25, 0.3) is 0 Å². The van der Waals surface area contributed by atoms with E-state index in [0.717, 1.165) is 12.8 Å². The fraction of sp³-hybridized carbons (Fsp3) is 0.538. The van der Waals surface area contributed by atoms with Crippen molar-refractivity contribution in [1.29, 1.82) is 0 Å². The van der Waals surface area contributed by atoms with Crippen LogP contribution in [0.5, 0.6) is 0 Å². The maximum atomic E-state index is 11.2. The Kier molecular flexibility index (Phi) is 3.72. The largest absolute Gasteiger partial charge is 0.328 e. The second-order valence-corrected chi connectivity index (χ2v) is 6.91. The molecule has 0 heterocycles. The summed E-state index contributed by atoms with van der Waals surface area (Å²) in [5.74, 6) is 0.471. The van der Waals surface area contributed by atoms with Gasteiger partial charge in [-0.25, -0.2) is 0 Å². The van der Waals surface area contributed by atoms with Crippen LogP contribution in [0.3, 0.4) is 0 Å². The minimum atomic E-state index is -3.87. The minimum absolute atomic E-state index is 0.413. The SMILES string of the molecule is Cc1ccc(C2CCC(P(=O)(O)O)CC2)cc1. The van der Waals surface area contributed by atoms with Crippen LogP contribution in [0.15, 0.2) is 24.3 Å². The summed E-state index contributed by atoms with van der Waals surface area (Å²) in [6.45, 7) is 2.06. The number of rotatable bonds is 2. The molecule has 0 radical (unpaired) electrons. The molecular weight excluding hydrogens is 235 g/mol. The minimum Gasteiger partial charge on any atom is -0.324 e. The van der Waals surface area contributed by atoms with E-state index in [2.05, 4.69) is 31.2 Å². The summed E-state index contributed by atoms with van der Waals surface area (Å²) in [7, 11) is -3.87. The van der Waals surface area contributed by atoms with E-state index in [0.29, 0.717) is 18.8 Å². The lowest BCUT2D eigenvalue weighted by atomic mass is 9.83. The standard InChI is InChI=1S/C13H19O3P/c1-10-2-4-11(5-3-10)12-6-8-13(9-7-12)17(14,15)16/h2-5,12-13H,6-9H2,1H3,(H2,14,15,16). The second kappa shape index (κ2) is 4.93. The Balaban J connectivity index is 2.00. The van der Waals surface area contributed by atoms with Crippen molar-refractivity contribution in [3.63, 3.8) is 0 Å². The van der Waals surface area contributed by atoms with Crippen LogP contribution in [0, 0.1) is 6.92 Å². The van der Waals surface area contributed by atoms with Crippen LogP contribution >= 0.6 is 7.60 Å². The molecule has 1 aliphatic rings. The lowest BCUT2D eigenvalue weighted by Crippen LogP contribution is -2.17. The first-order valence-corrected chi connectivity index (χ1v) is 7.77. The Labute approximate surface area is 102 Å². The summed E-state index contributed by atoms with van der Waals surface area (Å²) in [5, 5.41) is 0. The maximum Gasteiger partial charge on any atom is 0.328 e. The third-order valence-electron chi connectivity index (χ3n) is 3.72. The fourth-order valence-electron chi connectivity index (χ4n) is 2.58. The Morgan fingerprint density at radius 2 is 1.59 bits per heavy atom. The highest BCUT2D eigenvalue weighted by Gasteiger charge is 2.33. The second-order valence-electron chi connectivity index (χ2n) is 5.01. The van der Waals surface area contributed by atoms with E-state index in [4.69, 9.17) is 9.79 Å². The van der Waals surface area contributed by atoms with Crippen molar-refractivity contribution in [2.24, 2.45) is 0 Å². The van der Waals surface area contributed by atoms with Gasteiger partial charge in [0, 0.05) is 0 Å². The van der Waals surface area contributed by atoms with Gasteiger partial charge >= 0.3 is 7.60 Å². The Bertz CT molecular complexity index is 413. The van der Waals surface area contributed by atoms with Gasteiger partial charge in [-0.3, -0.25) is 4.57 Å². The molecule has 0 unspecified atom stereocenters. The molecular formula is C13H19O3P. The number of hydrogen-bond donors (Lipinski definition) is 2. The van der Waals surface area contributed by atoms with E-state index < -0.39 is 13.3 Å². The molecule has 2 N–H and O–H groups in total. The third-order valence-corrected chi connectivity index (χ3v) is 5.19. The molecule has 94 valence electrons. The molecule has 0 spiro atoms. The third kappa shape index (κ3) is 3.19. The molecule has 17 heavy (non-hydrogen) atoms. The van der Waals surface area contributed by atoms with Crippen LogP contribution in [0.1, 0.15) is 42.7 Å². The van der Waals surface area contributed by atoms with E-state index in [1.54, 1.807) is 0 Å². The maximum absolute atomic E-state index is 11.2. The van der Waals surface area contributed by atoms with E-state index in [-0.39, 0.29) is 0 Å². The van der Waals surface area contributed by atoms with Gasteiger partial charge in [-0.1, -0.05) is 29.8 Å². The molecule has 0 saturated heterocycles. The summed E-state index contributed by atoms with van der Waals surface area (Å²) in [6.07, 6.45) is 3.06. The predicted octanol–water partition coefficient (Wildman–Crippen LogP) is 3.20. The van der Waals surface area contributed by atoms with Gasteiger partial charge < -0.3 is 9.79 Å². The van der Waals surface area contributed by atoms with Gasteiger partial charge in [0.1, 0.15) is 0 Å². The smallest absolute Gasteiger partial charge is 0.324 e. The zero-order valence-corrected chi connectivity index (χ0v) is 10.9. The normalized spacial score (nSPS) is 25.8. The van der Waals surface area contributed by atoms with Crippen LogP contribution in [0.4, 0.5) is 0 Å². The van der Waals surface area contributed by atoms with Gasteiger partial charge in [-0.05, 0) is 44.1 Å². The van der Waals surface area contributed by atoms with Gasteiger partial charge in [0.05, 0.1) is 5.66 Å². The van der Waals surface area contributed by atoms with Crippen molar-refractivity contribution in [3.8, 4) is 0 Å². The molecule has 0 amide bonds. The first kappa shape index (κ1) is 12.8. The number of hydrogen-bond acceptors (Lipinski definition) is 1. The van der Waals surface area contributed by atoms with E-state index in [1.165, 1.54) is 11.1 Å². The first-order valence-electron chi connectivity index (χ1n) is 6.08. The molecule has 2 rings (SSSR count). The van der Waals surface area contributed by atoms with E-state index >= 15 is 0 Å². The van der Waals surface area contributed by atoms with Gasteiger partial charge in [-0.2, -0.15) is 0 Å². The molecule has 0 aliphatic heterocycles. The van der Waals surface area contributed by atoms with Crippen molar-refractivity contribution in [2.75, 3.05) is 0 Å². The van der Waals surface area contributed by atoms with Crippen LogP contribution in [-0.2, 0) is 4.57 Å². The monoisotopic (exact) mass is 254 g/mol. The molecule has 0 atom stereocenters. The molecule has 1 aromatic carbocycles.